The van der Waals surface area contributed by atoms with E-state index in [4.69, 9.17) is 9.47 Å². The van der Waals surface area contributed by atoms with Crippen molar-refractivity contribution >= 4 is 11.6 Å². The van der Waals surface area contributed by atoms with Crippen LogP contribution in [0.5, 0.6) is 5.75 Å². The molecule has 2 aromatic rings. The average molecular weight is 354 g/mol. The third kappa shape index (κ3) is 3.68. The van der Waals surface area contributed by atoms with Crippen molar-refractivity contribution < 1.29 is 14.3 Å². The number of nitrogens with zero attached hydrogens (tertiary/aromatic N) is 1. The third-order valence-corrected chi connectivity index (χ3v) is 4.68. The summed E-state index contributed by atoms with van der Waals surface area (Å²) >= 11 is 0. The highest BCUT2D eigenvalue weighted by Gasteiger charge is 2.34. The van der Waals surface area contributed by atoms with E-state index in [9.17, 15) is 4.79 Å². The summed E-state index contributed by atoms with van der Waals surface area (Å²) in [7, 11) is 1.64. The minimum atomic E-state index is -0.298. The Hall–Kier alpha value is -2.53. The number of carbonyl (C=O) groups is 1. The number of hydrogen-bond acceptors (Lipinski definition) is 4. The van der Waals surface area contributed by atoms with Gasteiger partial charge in [-0.3, -0.25) is 4.79 Å². The molecule has 1 heterocycles. The normalized spacial score (nSPS) is 17.4. The van der Waals surface area contributed by atoms with Crippen molar-refractivity contribution in [2.45, 2.75) is 32.5 Å². The van der Waals surface area contributed by atoms with Gasteiger partial charge in [-0.15, -0.1) is 0 Å². The number of nitrogens with one attached hydrogen (secondary N) is 1. The zero-order valence-electron chi connectivity index (χ0n) is 15.6. The third-order valence-electron chi connectivity index (χ3n) is 4.68. The number of para-hydroxylation sites is 2. The predicted molar refractivity (Wildman–Crippen MR) is 103 cm³/mol. The second kappa shape index (κ2) is 8.23. The molecule has 2 unspecified atom stereocenters. The molecule has 0 aliphatic carbocycles. The van der Waals surface area contributed by atoms with Crippen molar-refractivity contribution in [3.8, 4) is 5.75 Å². The number of ether oxygens (including phenoxy) is 2. The van der Waals surface area contributed by atoms with Crippen LogP contribution in [0.3, 0.4) is 0 Å². The largest absolute Gasteiger partial charge is 0.490 e. The topological polar surface area (TPSA) is 50.8 Å². The quantitative estimate of drug-likeness (QED) is 0.814. The summed E-state index contributed by atoms with van der Waals surface area (Å²) in [4.78, 5) is 14.9. The fourth-order valence-corrected chi connectivity index (χ4v) is 3.07. The van der Waals surface area contributed by atoms with Crippen LogP contribution in [0.15, 0.2) is 48.5 Å². The number of benzene rings is 2. The molecule has 1 aliphatic heterocycles. The molecule has 3 rings (SSSR count). The Balaban J connectivity index is 2.00. The molecule has 0 spiro atoms. The minimum absolute atomic E-state index is 0.000238. The second-order valence-corrected chi connectivity index (χ2v) is 6.46. The SMILES string of the molecule is CCC(C)Oc1ccccc1C1Nc2ccccc2C(=O)N1CCOC. The Morgan fingerprint density at radius 3 is 2.65 bits per heavy atom. The number of fused-ring (bicyclic) bond motifs is 1. The number of amides is 1. The van der Waals surface area contributed by atoms with Crippen molar-refractivity contribution in [2.24, 2.45) is 0 Å². The lowest BCUT2D eigenvalue weighted by molar-refractivity contribution is 0.0605. The second-order valence-electron chi connectivity index (χ2n) is 6.46. The summed E-state index contributed by atoms with van der Waals surface area (Å²) in [6.45, 7) is 5.12. The average Bonchev–Trinajstić information content (AvgIpc) is 2.67. The highest BCUT2D eigenvalue weighted by Crippen LogP contribution is 2.36. The number of anilines is 1. The van der Waals surface area contributed by atoms with E-state index >= 15 is 0 Å². The molecular formula is C21H26N2O3. The molecule has 0 saturated carbocycles. The Labute approximate surface area is 154 Å². The number of carbonyl (C=O) groups excluding carboxylic acids is 1. The standard InChI is InChI=1S/C21H26N2O3/c1-4-15(2)26-19-12-8-6-10-17(19)20-22-18-11-7-5-9-16(18)21(24)23(20)13-14-25-3/h5-12,15,20,22H,4,13-14H2,1-3H3. The molecular weight excluding hydrogens is 328 g/mol. The summed E-state index contributed by atoms with van der Waals surface area (Å²) in [5.41, 5.74) is 2.47. The highest BCUT2D eigenvalue weighted by molar-refractivity contribution is 6.01. The minimum Gasteiger partial charge on any atom is -0.490 e. The van der Waals surface area contributed by atoms with Crippen LogP contribution in [0, 0.1) is 0 Å². The van der Waals surface area contributed by atoms with E-state index in [0.717, 1.165) is 23.4 Å². The zero-order valence-corrected chi connectivity index (χ0v) is 15.6. The molecule has 0 aromatic heterocycles. The van der Waals surface area contributed by atoms with Crippen LogP contribution in [0.1, 0.15) is 42.4 Å². The first-order valence-electron chi connectivity index (χ1n) is 9.06. The van der Waals surface area contributed by atoms with E-state index in [-0.39, 0.29) is 18.2 Å². The molecule has 0 radical (unpaired) electrons. The fourth-order valence-electron chi connectivity index (χ4n) is 3.07. The summed E-state index contributed by atoms with van der Waals surface area (Å²) in [6.07, 6.45) is 0.727. The summed E-state index contributed by atoms with van der Waals surface area (Å²) in [5.74, 6) is 0.800. The van der Waals surface area contributed by atoms with Crippen molar-refractivity contribution in [3.05, 3.63) is 59.7 Å². The molecule has 1 aliphatic rings. The molecule has 138 valence electrons. The molecule has 1 N–H and O–H groups in total. The van der Waals surface area contributed by atoms with Gasteiger partial charge in [0.25, 0.3) is 5.91 Å². The van der Waals surface area contributed by atoms with E-state index in [2.05, 4.69) is 12.2 Å². The Morgan fingerprint density at radius 1 is 1.15 bits per heavy atom. The van der Waals surface area contributed by atoms with Gasteiger partial charge in [0, 0.05) is 24.9 Å². The summed E-state index contributed by atoms with van der Waals surface area (Å²) < 4.78 is 11.3. The maximum Gasteiger partial charge on any atom is 0.257 e. The lowest BCUT2D eigenvalue weighted by Gasteiger charge is -2.38. The lowest BCUT2D eigenvalue weighted by Crippen LogP contribution is -2.44. The van der Waals surface area contributed by atoms with Gasteiger partial charge in [-0.25, -0.2) is 0 Å². The molecule has 2 atom stereocenters. The summed E-state index contributed by atoms with van der Waals surface area (Å²) in [5, 5.41) is 3.50. The van der Waals surface area contributed by atoms with Gasteiger partial charge in [0.2, 0.25) is 0 Å². The van der Waals surface area contributed by atoms with E-state index in [1.165, 1.54) is 0 Å². The van der Waals surface area contributed by atoms with Crippen LogP contribution >= 0.6 is 0 Å². The zero-order chi connectivity index (χ0) is 18.5. The van der Waals surface area contributed by atoms with Gasteiger partial charge in [0.15, 0.2) is 0 Å². The van der Waals surface area contributed by atoms with Crippen LogP contribution < -0.4 is 10.1 Å². The highest BCUT2D eigenvalue weighted by atomic mass is 16.5. The molecule has 5 nitrogen and oxygen atoms in total. The summed E-state index contributed by atoms with van der Waals surface area (Å²) in [6, 6.07) is 15.5. The van der Waals surface area contributed by atoms with E-state index in [1.54, 1.807) is 7.11 Å². The maximum atomic E-state index is 13.1. The molecule has 0 saturated heterocycles. The Kier molecular flexibility index (Phi) is 5.78. The van der Waals surface area contributed by atoms with Gasteiger partial charge in [-0.2, -0.15) is 0 Å². The molecule has 1 amide bonds. The maximum absolute atomic E-state index is 13.1. The molecule has 2 aromatic carbocycles. The van der Waals surface area contributed by atoms with Crippen molar-refractivity contribution in [1.29, 1.82) is 0 Å². The van der Waals surface area contributed by atoms with Gasteiger partial charge >= 0.3 is 0 Å². The predicted octanol–water partition coefficient (Wildman–Crippen LogP) is 4.08. The molecule has 0 fully saturated rings. The van der Waals surface area contributed by atoms with Crippen molar-refractivity contribution in [1.82, 2.24) is 4.90 Å². The van der Waals surface area contributed by atoms with E-state index in [0.29, 0.717) is 18.7 Å². The van der Waals surface area contributed by atoms with Crippen LogP contribution in [0.25, 0.3) is 0 Å². The van der Waals surface area contributed by atoms with Gasteiger partial charge < -0.3 is 19.7 Å². The molecule has 5 heteroatoms. The van der Waals surface area contributed by atoms with Crippen LogP contribution in [-0.2, 0) is 4.74 Å². The first kappa shape index (κ1) is 18.3. The van der Waals surface area contributed by atoms with Crippen LogP contribution in [-0.4, -0.2) is 37.2 Å². The van der Waals surface area contributed by atoms with E-state index in [1.807, 2.05) is 60.4 Å². The van der Waals surface area contributed by atoms with Gasteiger partial charge in [-0.1, -0.05) is 37.3 Å². The van der Waals surface area contributed by atoms with Crippen molar-refractivity contribution in [3.63, 3.8) is 0 Å². The van der Waals surface area contributed by atoms with E-state index < -0.39 is 0 Å². The number of hydrogen-bond donors (Lipinski definition) is 1. The van der Waals surface area contributed by atoms with Gasteiger partial charge in [0.05, 0.1) is 18.3 Å². The fraction of sp³-hybridized carbons (Fsp3) is 0.381. The molecule has 26 heavy (non-hydrogen) atoms. The van der Waals surface area contributed by atoms with Crippen LogP contribution in [0.4, 0.5) is 5.69 Å². The number of rotatable bonds is 7. The van der Waals surface area contributed by atoms with Crippen molar-refractivity contribution in [2.75, 3.05) is 25.6 Å². The molecule has 0 bridgehead atoms. The first-order chi connectivity index (χ1) is 12.7. The Morgan fingerprint density at radius 2 is 1.88 bits per heavy atom. The number of methoxy groups -OCH3 is 1. The smallest absolute Gasteiger partial charge is 0.257 e. The van der Waals surface area contributed by atoms with Gasteiger partial charge in [0.1, 0.15) is 11.9 Å². The Bertz CT molecular complexity index is 762. The van der Waals surface area contributed by atoms with Crippen LogP contribution in [0.2, 0.25) is 0 Å². The first-order valence-corrected chi connectivity index (χ1v) is 9.06. The monoisotopic (exact) mass is 354 g/mol. The van der Waals surface area contributed by atoms with Gasteiger partial charge in [-0.05, 0) is 31.5 Å². The lowest BCUT2D eigenvalue weighted by atomic mass is 10.0.